The van der Waals surface area contributed by atoms with Crippen LogP contribution < -0.4 is 5.73 Å². The van der Waals surface area contributed by atoms with Crippen molar-refractivity contribution in [1.29, 1.82) is 0 Å². The minimum atomic E-state index is 0.223. The highest BCUT2D eigenvalue weighted by Crippen LogP contribution is 2.37. The molecule has 0 amide bonds. The molecule has 1 aromatic heterocycles. The Kier molecular flexibility index (Phi) is 4.36. The first-order chi connectivity index (χ1) is 10.2. The van der Waals surface area contributed by atoms with Crippen molar-refractivity contribution in [3.63, 3.8) is 0 Å². The predicted molar refractivity (Wildman–Crippen MR) is 87.9 cm³/mol. The lowest BCUT2D eigenvalue weighted by molar-refractivity contribution is 0.168. The van der Waals surface area contributed by atoms with Gasteiger partial charge in [0, 0.05) is 18.5 Å². The normalized spacial score (nSPS) is 16.0. The van der Waals surface area contributed by atoms with Crippen LogP contribution in [0.2, 0.25) is 0 Å². The molecule has 1 saturated carbocycles. The van der Waals surface area contributed by atoms with Gasteiger partial charge < -0.3 is 10.2 Å². The van der Waals surface area contributed by atoms with Crippen molar-refractivity contribution in [3.8, 4) is 0 Å². The van der Waals surface area contributed by atoms with Gasteiger partial charge in [0.15, 0.2) is 0 Å². The summed E-state index contributed by atoms with van der Waals surface area (Å²) in [6, 6.07) is 15.3. The molecule has 1 heterocycles. The third-order valence-corrected chi connectivity index (χ3v) is 4.08. The Morgan fingerprint density at radius 1 is 1.24 bits per heavy atom. The molecule has 0 aliphatic heterocycles. The molecule has 3 nitrogen and oxygen atoms in total. The quantitative estimate of drug-likeness (QED) is 0.792. The van der Waals surface area contributed by atoms with E-state index in [-0.39, 0.29) is 6.04 Å². The average molecular weight is 300 g/mol. The Labute approximate surface area is 130 Å². The number of hydrogen-bond donors (Lipinski definition) is 1. The van der Waals surface area contributed by atoms with E-state index in [1.54, 1.807) is 6.26 Å². The maximum atomic E-state index is 5.84. The van der Waals surface area contributed by atoms with Crippen molar-refractivity contribution in [3.05, 3.63) is 60.1 Å². The highest BCUT2D eigenvalue weighted by atomic mass is 32.1. The first-order valence-corrected chi connectivity index (χ1v) is 7.76. The molecule has 1 fully saturated rings. The number of hydrogen-bond acceptors (Lipinski definition) is 3. The summed E-state index contributed by atoms with van der Waals surface area (Å²) in [5, 5.41) is 0. The monoisotopic (exact) mass is 300 g/mol. The number of thiocarbonyl (C=S) groups is 1. The Morgan fingerprint density at radius 3 is 2.57 bits per heavy atom. The zero-order valence-electron chi connectivity index (χ0n) is 11.9. The fraction of sp³-hybridized carbons (Fsp3) is 0.353. The van der Waals surface area contributed by atoms with Crippen LogP contribution in [-0.2, 0) is 6.54 Å². The van der Waals surface area contributed by atoms with Crippen LogP contribution in [0.15, 0.2) is 53.1 Å². The summed E-state index contributed by atoms with van der Waals surface area (Å²) in [6.45, 7) is 0.805. The van der Waals surface area contributed by atoms with Gasteiger partial charge in [0.05, 0.1) is 17.8 Å². The van der Waals surface area contributed by atoms with E-state index in [1.165, 1.54) is 18.4 Å². The van der Waals surface area contributed by atoms with Crippen LogP contribution in [0.5, 0.6) is 0 Å². The highest BCUT2D eigenvalue weighted by molar-refractivity contribution is 7.80. The summed E-state index contributed by atoms with van der Waals surface area (Å²) >= 11 is 5.17. The van der Waals surface area contributed by atoms with E-state index in [0.29, 0.717) is 17.5 Å². The molecular weight excluding hydrogens is 280 g/mol. The minimum Gasteiger partial charge on any atom is -0.468 e. The molecule has 110 valence electrons. The van der Waals surface area contributed by atoms with Crippen molar-refractivity contribution < 1.29 is 4.42 Å². The molecule has 2 N–H and O–H groups in total. The van der Waals surface area contributed by atoms with Gasteiger partial charge in [-0.25, -0.2) is 0 Å². The van der Waals surface area contributed by atoms with Crippen LogP contribution >= 0.6 is 12.2 Å². The van der Waals surface area contributed by atoms with Gasteiger partial charge in [0.2, 0.25) is 0 Å². The predicted octanol–water partition coefficient (Wildman–Crippen LogP) is 3.66. The van der Waals surface area contributed by atoms with E-state index in [9.17, 15) is 0 Å². The van der Waals surface area contributed by atoms with Crippen molar-refractivity contribution in [2.75, 3.05) is 0 Å². The smallest absolute Gasteiger partial charge is 0.117 e. The second kappa shape index (κ2) is 6.41. The molecule has 1 aliphatic rings. The largest absolute Gasteiger partial charge is 0.468 e. The number of nitrogens with zero attached hydrogens (tertiary/aromatic N) is 1. The molecule has 1 atom stereocenters. The maximum Gasteiger partial charge on any atom is 0.117 e. The van der Waals surface area contributed by atoms with Gasteiger partial charge in [-0.2, -0.15) is 0 Å². The van der Waals surface area contributed by atoms with Crippen molar-refractivity contribution >= 4 is 17.2 Å². The van der Waals surface area contributed by atoms with Gasteiger partial charge in [-0.1, -0.05) is 42.5 Å². The summed E-state index contributed by atoms with van der Waals surface area (Å²) in [4.78, 5) is 3.04. The summed E-state index contributed by atoms with van der Waals surface area (Å²) in [7, 11) is 0. The Morgan fingerprint density at radius 2 is 2.00 bits per heavy atom. The lowest BCUT2D eigenvalue weighted by Gasteiger charge is -2.31. The first kappa shape index (κ1) is 14.3. The van der Waals surface area contributed by atoms with Crippen molar-refractivity contribution in [2.24, 2.45) is 5.73 Å². The molecule has 0 radical (unpaired) electrons. The molecule has 4 heteroatoms. The fourth-order valence-corrected chi connectivity index (χ4v) is 2.93. The van der Waals surface area contributed by atoms with Crippen molar-refractivity contribution in [1.82, 2.24) is 4.90 Å². The zero-order valence-corrected chi connectivity index (χ0v) is 12.8. The lowest BCUT2D eigenvalue weighted by Crippen LogP contribution is -2.33. The van der Waals surface area contributed by atoms with Crippen LogP contribution in [-0.4, -0.2) is 15.9 Å². The van der Waals surface area contributed by atoms with E-state index in [0.717, 1.165) is 12.3 Å². The summed E-state index contributed by atoms with van der Waals surface area (Å²) in [5.74, 6) is 0.991. The van der Waals surface area contributed by atoms with Crippen LogP contribution in [0.4, 0.5) is 0 Å². The number of nitrogens with two attached hydrogens (primary N) is 1. The van der Waals surface area contributed by atoms with E-state index in [1.807, 2.05) is 18.2 Å². The molecule has 1 aromatic carbocycles. The van der Waals surface area contributed by atoms with Gasteiger partial charge in [-0.3, -0.25) is 4.90 Å². The molecule has 0 bridgehead atoms. The molecule has 1 unspecified atom stereocenters. The van der Waals surface area contributed by atoms with Crippen LogP contribution in [0.3, 0.4) is 0 Å². The van der Waals surface area contributed by atoms with Crippen LogP contribution in [0, 0.1) is 0 Å². The second-order valence-corrected chi connectivity index (χ2v) is 6.10. The van der Waals surface area contributed by atoms with E-state index >= 15 is 0 Å². The maximum absolute atomic E-state index is 5.84. The summed E-state index contributed by atoms with van der Waals surface area (Å²) < 4.78 is 5.53. The first-order valence-electron chi connectivity index (χ1n) is 7.35. The summed E-state index contributed by atoms with van der Waals surface area (Å²) in [5.41, 5.74) is 7.11. The number of benzene rings is 1. The summed E-state index contributed by atoms with van der Waals surface area (Å²) in [6.07, 6.45) is 4.91. The zero-order chi connectivity index (χ0) is 14.7. The van der Waals surface area contributed by atoms with E-state index < -0.39 is 0 Å². The second-order valence-electron chi connectivity index (χ2n) is 5.58. The van der Waals surface area contributed by atoms with Crippen molar-refractivity contribution in [2.45, 2.75) is 37.9 Å². The van der Waals surface area contributed by atoms with Gasteiger partial charge in [-0.15, -0.1) is 0 Å². The standard InChI is InChI=1S/C17H20N2OS/c18-17(21)11-16(13-5-2-1-3-6-13)19(14-8-9-14)12-15-7-4-10-20-15/h1-7,10,14,16H,8-9,11-12H2,(H2,18,21). The fourth-order valence-electron chi connectivity index (χ4n) is 2.77. The van der Waals surface area contributed by atoms with Gasteiger partial charge in [-0.05, 0) is 30.5 Å². The third-order valence-electron chi connectivity index (χ3n) is 3.91. The number of rotatable bonds is 7. The van der Waals surface area contributed by atoms with E-state index in [4.69, 9.17) is 22.4 Å². The molecule has 0 spiro atoms. The third kappa shape index (κ3) is 3.71. The molecule has 0 saturated heterocycles. The Bertz CT molecular complexity index is 578. The lowest BCUT2D eigenvalue weighted by atomic mass is 10.0. The molecular formula is C17H20N2OS. The highest BCUT2D eigenvalue weighted by Gasteiger charge is 2.35. The Hall–Kier alpha value is -1.65. The average Bonchev–Trinajstić information content (AvgIpc) is 3.20. The van der Waals surface area contributed by atoms with Crippen LogP contribution in [0.1, 0.15) is 36.6 Å². The molecule has 1 aliphatic carbocycles. The SMILES string of the molecule is NC(=S)CC(c1ccccc1)N(Cc1ccco1)C1CC1. The topological polar surface area (TPSA) is 42.4 Å². The Balaban J connectivity index is 1.86. The minimum absolute atomic E-state index is 0.223. The van der Waals surface area contributed by atoms with Crippen LogP contribution in [0.25, 0.3) is 0 Å². The van der Waals surface area contributed by atoms with E-state index in [2.05, 4.69) is 29.2 Å². The molecule has 3 rings (SSSR count). The van der Waals surface area contributed by atoms with Gasteiger partial charge in [0.25, 0.3) is 0 Å². The van der Waals surface area contributed by atoms with Gasteiger partial charge in [0.1, 0.15) is 5.76 Å². The number of furan rings is 1. The molecule has 21 heavy (non-hydrogen) atoms. The molecule has 2 aromatic rings. The van der Waals surface area contributed by atoms with Gasteiger partial charge >= 0.3 is 0 Å².